The van der Waals surface area contributed by atoms with E-state index in [1.54, 1.807) is 8.57 Å². The molecule has 0 saturated heterocycles. The number of rotatable bonds is 0. The van der Waals surface area contributed by atoms with E-state index in [2.05, 4.69) is 0 Å². The Morgan fingerprint density at radius 1 is 1.17 bits per heavy atom. The van der Waals surface area contributed by atoms with Crippen LogP contribution in [0.5, 0.6) is 0 Å². The van der Waals surface area contributed by atoms with E-state index >= 15 is 0 Å². The van der Waals surface area contributed by atoms with Gasteiger partial charge >= 0.3 is 68.4 Å². The van der Waals surface area contributed by atoms with Crippen molar-refractivity contribution in [1.29, 1.82) is 10.5 Å². The van der Waals surface area contributed by atoms with E-state index in [-0.39, 0.29) is 29.6 Å². The fraction of sp³-hybridized carbons (Fsp3) is 0. The van der Waals surface area contributed by atoms with Gasteiger partial charge in [-0.15, -0.1) is 0 Å². The van der Waals surface area contributed by atoms with Crippen molar-refractivity contribution < 1.29 is 19.8 Å². The molecular weight excluding hydrogens is 272 g/mol. The summed E-state index contributed by atoms with van der Waals surface area (Å²) < 4.78 is 3.51. The molecule has 6 heavy (non-hydrogen) atoms. The van der Waals surface area contributed by atoms with E-state index in [4.69, 9.17) is 10.5 Å². The van der Waals surface area contributed by atoms with Gasteiger partial charge < -0.3 is 0 Å². The average Bonchev–Trinajstić information content (AvgIpc) is 1.41. The third kappa shape index (κ3) is 8.83. The van der Waals surface area contributed by atoms with Crippen LogP contribution >= 0.6 is 0 Å². The molecule has 31 valence electrons. The number of nitriles is 2. The van der Waals surface area contributed by atoms with Crippen molar-refractivity contribution in [2.45, 2.75) is 0 Å². The van der Waals surface area contributed by atoms with Gasteiger partial charge in [-0.05, 0) is 0 Å². The topological polar surface area (TPSA) is 47.6 Å². The minimum atomic E-state index is -0.670. The van der Waals surface area contributed by atoms with Gasteiger partial charge in [0.2, 0.25) is 0 Å². The molecule has 0 saturated carbocycles. The molecule has 0 amide bonds. The van der Waals surface area contributed by atoms with Crippen molar-refractivity contribution in [1.82, 2.24) is 0 Å². The number of hydrogen-bond acceptors (Lipinski definition) is 2. The van der Waals surface area contributed by atoms with Gasteiger partial charge in [0.15, 0.2) is 0 Å². The Kier molecular flexibility index (Phi) is 15.1. The Bertz CT molecular complexity index is 76.7. The molecule has 0 heterocycles. The summed E-state index contributed by atoms with van der Waals surface area (Å²) in [4.78, 5) is 0. The minimum absolute atomic E-state index is 0. The Morgan fingerprint density at radius 3 is 1.50 bits per heavy atom. The van der Waals surface area contributed by atoms with E-state index in [0.29, 0.717) is 0 Å². The average molecular weight is 273 g/mol. The summed E-state index contributed by atoms with van der Waals surface area (Å²) in [6, 6.07) is 0. The normalized spacial score (nSPS) is 4.33. The molecule has 0 bridgehead atoms. The van der Waals surface area contributed by atoms with E-state index in [9.17, 15) is 0 Å². The Labute approximate surface area is 67.7 Å². The second-order valence-electron chi connectivity index (χ2n) is 0.210. The van der Waals surface area contributed by atoms with Crippen LogP contribution in [-0.2, 0) is 19.8 Å². The maximum absolute atomic E-state index is 7.64. The van der Waals surface area contributed by atoms with Crippen molar-refractivity contribution in [3.63, 3.8) is 0 Å². The van der Waals surface area contributed by atoms with Crippen LogP contribution in [0.15, 0.2) is 0 Å². The molecule has 0 rings (SSSR count). The van der Waals surface area contributed by atoms with Crippen LogP contribution in [0.4, 0.5) is 0 Å². The fourth-order valence-electron chi connectivity index (χ4n) is 0.0151. The Morgan fingerprint density at radius 2 is 1.50 bits per heavy atom. The second-order valence-corrected chi connectivity index (χ2v) is 1.72. The van der Waals surface area contributed by atoms with Gasteiger partial charge in [0.1, 0.15) is 0 Å². The van der Waals surface area contributed by atoms with E-state index in [1.165, 1.54) is 0 Å². The zero-order valence-electron chi connectivity index (χ0n) is 2.20. The molecule has 0 N–H and O–H groups in total. The first-order valence-electron chi connectivity index (χ1n) is 0.749. The third-order valence-corrected chi connectivity index (χ3v) is 0.552. The summed E-state index contributed by atoms with van der Waals surface area (Å²) in [6.07, 6.45) is 0. The zero-order chi connectivity index (χ0) is 4.12. The van der Waals surface area contributed by atoms with Gasteiger partial charge in [-0.1, -0.05) is 0 Å². The third-order valence-electron chi connectivity index (χ3n) is 0.0674. The molecule has 0 aromatic heterocycles. The summed E-state index contributed by atoms with van der Waals surface area (Å²) >= 11 is -0.670. The molecule has 0 aliphatic heterocycles. The van der Waals surface area contributed by atoms with Crippen LogP contribution < -0.4 is 0 Å². The maximum atomic E-state index is 7.64. The predicted molar refractivity (Wildman–Crippen MR) is 18.4 cm³/mol. The first-order chi connectivity index (χ1) is 2.41. The quantitative estimate of drug-likeness (QED) is 0.552. The van der Waals surface area contributed by atoms with Gasteiger partial charge in [-0.25, -0.2) is 0 Å². The van der Waals surface area contributed by atoms with Crippen molar-refractivity contribution in [2.24, 2.45) is 0 Å². The Hall–Kier alpha value is 0.720. The van der Waals surface area contributed by atoms with Gasteiger partial charge in [0, 0.05) is 0 Å². The SMILES string of the molecule is N#[C][Au][C]#N.[NaH]. The number of nitrogens with zero attached hydrogens (tertiary/aromatic N) is 2. The Balaban J connectivity index is 0. The van der Waals surface area contributed by atoms with E-state index in [1.807, 2.05) is 0 Å². The molecule has 4 heteroatoms. The molecule has 0 fully saturated rings. The molecule has 0 atom stereocenters. The molecule has 0 aliphatic rings. The molecular formula is C2HAuN2Na. The fourth-order valence-corrected chi connectivity index (χ4v) is 0.123. The van der Waals surface area contributed by atoms with Crippen LogP contribution in [0.2, 0.25) is 0 Å². The van der Waals surface area contributed by atoms with Crippen molar-refractivity contribution in [2.75, 3.05) is 0 Å². The first-order valence-corrected chi connectivity index (χ1v) is 2.92. The van der Waals surface area contributed by atoms with Gasteiger partial charge in [-0.2, -0.15) is 0 Å². The molecule has 0 unspecified atom stereocenters. The van der Waals surface area contributed by atoms with E-state index in [0.717, 1.165) is 0 Å². The summed E-state index contributed by atoms with van der Waals surface area (Å²) in [6.45, 7) is 0. The molecule has 0 spiro atoms. The zero-order valence-corrected chi connectivity index (χ0v) is 4.36. The van der Waals surface area contributed by atoms with Crippen molar-refractivity contribution in [3.05, 3.63) is 0 Å². The monoisotopic (exact) mass is 273 g/mol. The molecule has 2 nitrogen and oxygen atoms in total. The standard InChI is InChI=1S/2CN.Au.Na.H/c2*1-2;;;. The van der Waals surface area contributed by atoms with Gasteiger partial charge in [0.25, 0.3) is 0 Å². The second kappa shape index (κ2) is 9.21. The molecule has 0 aromatic carbocycles. The summed E-state index contributed by atoms with van der Waals surface area (Å²) in [5.41, 5.74) is 0. The first kappa shape index (κ1) is 9.87. The molecule has 0 aliphatic carbocycles. The molecule has 0 aromatic rings. The van der Waals surface area contributed by atoms with Crippen molar-refractivity contribution >= 4 is 29.6 Å². The summed E-state index contributed by atoms with van der Waals surface area (Å²) in [5.74, 6) is 0. The van der Waals surface area contributed by atoms with Crippen LogP contribution in [-0.4, -0.2) is 29.6 Å². The van der Waals surface area contributed by atoms with Crippen LogP contribution in [0.25, 0.3) is 0 Å². The van der Waals surface area contributed by atoms with Gasteiger partial charge in [0.05, 0.1) is 0 Å². The number of hydrogen-bond donors (Lipinski definition) is 0. The molecule has 0 radical (unpaired) electrons. The van der Waals surface area contributed by atoms with Crippen LogP contribution in [0.3, 0.4) is 0 Å². The summed E-state index contributed by atoms with van der Waals surface area (Å²) in [7, 11) is 0. The summed E-state index contributed by atoms with van der Waals surface area (Å²) in [5, 5.41) is 15.3. The van der Waals surface area contributed by atoms with Crippen molar-refractivity contribution in [3.8, 4) is 8.57 Å². The van der Waals surface area contributed by atoms with E-state index < -0.39 is 19.8 Å². The van der Waals surface area contributed by atoms with Crippen LogP contribution in [0.1, 0.15) is 0 Å². The predicted octanol–water partition coefficient (Wildman–Crippen LogP) is -0.617. The van der Waals surface area contributed by atoms with Crippen LogP contribution in [0, 0.1) is 19.1 Å². The van der Waals surface area contributed by atoms with Gasteiger partial charge in [-0.3, -0.25) is 0 Å².